The Hall–Kier alpha value is 0.240. The zero-order valence-electron chi connectivity index (χ0n) is 7.82. The standard InChI is InChI=1S/C8H18N2.2ClH/c1-3-10(4-2)8-6-5-7-9;;/h5-6H,3-4,7-9H2,1-2H3;2*1H/b6-5+;;. The van der Waals surface area contributed by atoms with Crippen molar-refractivity contribution in [2.75, 3.05) is 26.2 Å². The van der Waals surface area contributed by atoms with Gasteiger partial charge in [0.05, 0.1) is 0 Å². The first-order valence-electron chi connectivity index (χ1n) is 3.92. The maximum Gasteiger partial charge on any atom is 0.0163 e. The largest absolute Gasteiger partial charge is 0.327 e. The second kappa shape index (κ2) is 13.8. The summed E-state index contributed by atoms with van der Waals surface area (Å²) in [4.78, 5) is 2.34. The van der Waals surface area contributed by atoms with Gasteiger partial charge in [-0.2, -0.15) is 0 Å². The van der Waals surface area contributed by atoms with Gasteiger partial charge in [-0.3, -0.25) is 0 Å². The Morgan fingerprint density at radius 3 is 1.92 bits per heavy atom. The predicted octanol–water partition coefficient (Wildman–Crippen LogP) is 1.69. The molecule has 76 valence electrons. The van der Waals surface area contributed by atoms with Crippen molar-refractivity contribution in [3.63, 3.8) is 0 Å². The van der Waals surface area contributed by atoms with Gasteiger partial charge in [-0.05, 0) is 13.1 Å². The number of nitrogens with zero attached hydrogens (tertiary/aromatic N) is 1. The number of likely N-dealkylation sites (N-methyl/N-ethyl adjacent to an activating group) is 1. The number of nitrogens with two attached hydrogens (primary N) is 1. The summed E-state index contributed by atoms with van der Waals surface area (Å²) in [5.74, 6) is 0. The number of halogens is 2. The van der Waals surface area contributed by atoms with Gasteiger partial charge in [-0.1, -0.05) is 26.0 Å². The summed E-state index contributed by atoms with van der Waals surface area (Å²) >= 11 is 0. The van der Waals surface area contributed by atoms with Crippen molar-refractivity contribution in [2.24, 2.45) is 5.73 Å². The fraction of sp³-hybridized carbons (Fsp3) is 0.750. The molecule has 0 aromatic rings. The SMILES string of the molecule is CCN(CC)C/C=C/CN.Cl.Cl. The minimum atomic E-state index is 0. The average Bonchev–Trinajstić information content (AvgIpc) is 1.99. The topological polar surface area (TPSA) is 29.3 Å². The molecule has 12 heavy (non-hydrogen) atoms. The normalized spacial score (nSPS) is 9.67. The van der Waals surface area contributed by atoms with E-state index in [4.69, 9.17) is 5.73 Å². The Morgan fingerprint density at radius 1 is 1.08 bits per heavy atom. The van der Waals surface area contributed by atoms with E-state index in [1.54, 1.807) is 0 Å². The first kappa shape index (κ1) is 18.1. The molecule has 0 aromatic carbocycles. The number of hydrogen-bond donors (Lipinski definition) is 1. The van der Waals surface area contributed by atoms with Crippen LogP contribution in [0.15, 0.2) is 12.2 Å². The zero-order valence-corrected chi connectivity index (χ0v) is 9.46. The van der Waals surface area contributed by atoms with Crippen molar-refractivity contribution < 1.29 is 0 Å². The molecule has 4 heteroatoms. The van der Waals surface area contributed by atoms with E-state index in [0.717, 1.165) is 19.6 Å². The van der Waals surface area contributed by atoms with Crippen molar-refractivity contribution in [1.29, 1.82) is 0 Å². The van der Waals surface area contributed by atoms with Gasteiger partial charge in [0.15, 0.2) is 0 Å². The molecule has 2 N–H and O–H groups in total. The summed E-state index contributed by atoms with van der Waals surface area (Å²) in [6.45, 7) is 8.25. The van der Waals surface area contributed by atoms with Gasteiger partial charge in [0.1, 0.15) is 0 Å². The fourth-order valence-corrected chi connectivity index (χ4v) is 0.802. The van der Waals surface area contributed by atoms with Crippen molar-refractivity contribution >= 4 is 24.8 Å². The number of rotatable bonds is 5. The van der Waals surface area contributed by atoms with Crippen LogP contribution in [-0.2, 0) is 0 Å². The summed E-state index contributed by atoms with van der Waals surface area (Å²) in [6.07, 6.45) is 4.12. The molecule has 0 amide bonds. The summed E-state index contributed by atoms with van der Waals surface area (Å²) < 4.78 is 0. The third-order valence-corrected chi connectivity index (χ3v) is 1.56. The van der Waals surface area contributed by atoms with Gasteiger partial charge in [0.25, 0.3) is 0 Å². The smallest absolute Gasteiger partial charge is 0.0163 e. The maximum absolute atomic E-state index is 5.29. The minimum Gasteiger partial charge on any atom is -0.327 e. The van der Waals surface area contributed by atoms with Gasteiger partial charge >= 0.3 is 0 Å². The summed E-state index contributed by atoms with van der Waals surface area (Å²) in [5, 5.41) is 0. The zero-order chi connectivity index (χ0) is 7.82. The molecule has 2 nitrogen and oxygen atoms in total. The molecule has 0 aromatic heterocycles. The molecule has 0 atom stereocenters. The molecule has 0 bridgehead atoms. The molecule has 0 aliphatic rings. The molecular weight excluding hydrogens is 195 g/mol. The second-order valence-corrected chi connectivity index (χ2v) is 2.19. The van der Waals surface area contributed by atoms with Crippen LogP contribution >= 0.6 is 24.8 Å². The van der Waals surface area contributed by atoms with Crippen molar-refractivity contribution in [1.82, 2.24) is 4.90 Å². The monoisotopic (exact) mass is 214 g/mol. The molecule has 0 heterocycles. The molecule has 0 spiro atoms. The molecule has 0 rings (SSSR count). The van der Waals surface area contributed by atoms with E-state index in [1.165, 1.54) is 0 Å². The molecule has 0 radical (unpaired) electrons. The Bertz CT molecular complexity index is 93.1. The predicted molar refractivity (Wildman–Crippen MR) is 60.5 cm³/mol. The first-order chi connectivity index (χ1) is 4.85. The molecule has 0 saturated heterocycles. The van der Waals surface area contributed by atoms with Crippen LogP contribution in [0.25, 0.3) is 0 Å². The summed E-state index contributed by atoms with van der Waals surface area (Å²) in [7, 11) is 0. The summed E-state index contributed by atoms with van der Waals surface area (Å²) in [5.41, 5.74) is 5.29. The first-order valence-corrected chi connectivity index (χ1v) is 3.92. The molecule has 0 saturated carbocycles. The minimum absolute atomic E-state index is 0. The van der Waals surface area contributed by atoms with Gasteiger partial charge in [0.2, 0.25) is 0 Å². The highest BCUT2D eigenvalue weighted by molar-refractivity contribution is 5.85. The molecular formula is C8H20Cl2N2. The van der Waals surface area contributed by atoms with Crippen LogP contribution in [0.3, 0.4) is 0 Å². The van der Waals surface area contributed by atoms with Crippen LogP contribution in [0, 0.1) is 0 Å². The van der Waals surface area contributed by atoms with Gasteiger partial charge < -0.3 is 10.6 Å². The van der Waals surface area contributed by atoms with E-state index in [1.807, 2.05) is 6.08 Å². The lowest BCUT2D eigenvalue weighted by Gasteiger charge is -2.14. The molecule has 0 fully saturated rings. The van der Waals surface area contributed by atoms with Crippen LogP contribution in [0.1, 0.15) is 13.8 Å². The molecule has 0 aliphatic carbocycles. The van der Waals surface area contributed by atoms with Gasteiger partial charge in [0, 0.05) is 13.1 Å². The van der Waals surface area contributed by atoms with Gasteiger partial charge in [-0.15, -0.1) is 24.8 Å². The lowest BCUT2D eigenvalue weighted by Crippen LogP contribution is -2.22. The second-order valence-electron chi connectivity index (χ2n) is 2.19. The van der Waals surface area contributed by atoms with Crippen molar-refractivity contribution in [3.8, 4) is 0 Å². The van der Waals surface area contributed by atoms with Gasteiger partial charge in [-0.25, -0.2) is 0 Å². The van der Waals surface area contributed by atoms with Crippen molar-refractivity contribution in [3.05, 3.63) is 12.2 Å². The third-order valence-electron chi connectivity index (χ3n) is 1.56. The van der Waals surface area contributed by atoms with E-state index in [-0.39, 0.29) is 24.8 Å². The van der Waals surface area contributed by atoms with Crippen LogP contribution in [0.2, 0.25) is 0 Å². The van der Waals surface area contributed by atoms with E-state index < -0.39 is 0 Å². The quantitative estimate of drug-likeness (QED) is 0.707. The highest BCUT2D eigenvalue weighted by Crippen LogP contribution is 1.85. The van der Waals surface area contributed by atoms with Crippen LogP contribution in [-0.4, -0.2) is 31.1 Å². The Balaban J connectivity index is -0.000000405. The highest BCUT2D eigenvalue weighted by atomic mass is 35.5. The summed E-state index contributed by atoms with van der Waals surface area (Å²) in [6, 6.07) is 0. The Kier molecular flexibility index (Phi) is 20.8. The third kappa shape index (κ3) is 10.2. The molecule has 0 aliphatic heterocycles. The van der Waals surface area contributed by atoms with Crippen LogP contribution in [0.4, 0.5) is 0 Å². The van der Waals surface area contributed by atoms with E-state index in [9.17, 15) is 0 Å². The number of hydrogen-bond acceptors (Lipinski definition) is 2. The van der Waals surface area contributed by atoms with E-state index >= 15 is 0 Å². The van der Waals surface area contributed by atoms with E-state index in [2.05, 4.69) is 24.8 Å². The van der Waals surface area contributed by atoms with E-state index in [0.29, 0.717) is 6.54 Å². The maximum atomic E-state index is 5.29. The lowest BCUT2D eigenvalue weighted by atomic mass is 10.4. The van der Waals surface area contributed by atoms with Crippen LogP contribution in [0.5, 0.6) is 0 Å². The highest BCUT2D eigenvalue weighted by Gasteiger charge is 1.92. The van der Waals surface area contributed by atoms with Crippen LogP contribution < -0.4 is 5.73 Å². The lowest BCUT2D eigenvalue weighted by molar-refractivity contribution is 0.337. The Labute approximate surface area is 88.0 Å². The average molecular weight is 215 g/mol. The van der Waals surface area contributed by atoms with Crippen molar-refractivity contribution in [2.45, 2.75) is 13.8 Å². The molecule has 0 unspecified atom stereocenters. The Morgan fingerprint density at radius 2 is 1.58 bits per heavy atom. The fourth-order valence-electron chi connectivity index (χ4n) is 0.802.